The molecular weight excluding hydrogens is 403 g/mol. The zero-order valence-electron chi connectivity index (χ0n) is 14.1. The van der Waals surface area contributed by atoms with E-state index in [1.54, 1.807) is 18.2 Å². The molecule has 28 heavy (non-hydrogen) atoms. The molecule has 0 aliphatic heterocycles. The van der Waals surface area contributed by atoms with Crippen LogP contribution >= 0.6 is 23.2 Å². The van der Waals surface area contributed by atoms with Crippen molar-refractivity contribution in [3.05, 3.63) is 74.4 Å². The van der Waals surface area contributed by atoms with E-state index in [2.05, 4.69) is 10.5 Å². The van der Waals surface area contributed by atoms with Gasteiger partial charge in [-0.3, -0.25) is 10.2 Å². The van der Waals surface area contributed by atoms with Crippen molar-refractivity contribution in [1.29, 1.82) is 0 Å². The summed E-state index contributed by atoms with van der Waals surface area (Å²) in [5, 5.41) is 23.7. The van der Waals surface area contributed by atoms with Crippen LogP contribution in [0.4, 0.5) is 5.69 Å². The molecule has 0 bridgehead atoms. The highest BCUT2D eigenvalue weighted by atomic mass is 35.5. The van der Waals surface area contributed by atoms with Crippen molar-refractivity contribution in [2.45, 2.75) is 0 Å². The van der Waals surface area contributed by atoms with Gasteiger partial charge in [0.25, 0.3) is 0 Å². The van der Waals surface area contributed by atoms with Crippen molar-refractivity contribution in [1.82, 2.24) is 0 Å². The normalized spacial score (nSPS) is 11.5. The topological polar surface area (TPSA) is 95.1 Å². The highest BCUT2D eigenvalue weighted by Crippen LogP contribution is 2.45. The van der Waals surface area contributed by atoms with Crippen LogP contribution < -0.4 is 10.9 Å². The lowest BCUT2D eigenvalue weighted by atomic mass is 10.1. The van der Waals surface area contributed by atoms with Gasteiger partial charge in [0, 0.05) is 5.56 Å². The van der Waals surface area contributed by atoms with Crippen LogP contribution in [-0.4, -0.2) is 16.4 Å². The fraction of sp³-hybridized carbons (Fsp3) is 0. The number of nitrogens with one attached hydrogen (secondary N) is 1. The Balaban J connectivity index is 1.91. The number of benzene rings is 3. The van der Waals surface area contributed by atoms with Crippen molar-refractivity contribution in [2.24, 2.45) is 5.10 Å². The van der Waals surface area contributed by atoms with Crippen LogP contribution in [0.3, 0.4) is 0 Å². The Hall–Kier alpha value is -3.22. The maximum absolute atomic E-state index is 12.9. The number of anilines is 1. The van der Waals surface area contributed by atoms with Crippen molar-refractivity contribution in [3.8, 4) is 11.5 Å². The molecule has 8 heteroatoms. The van der Waals surface area contributed by atoms with E-state index in [0.717, 1.165) is 5.69 Å². The molecule has 0 spiro atoms. The molecule has 4 aromatic rings. The second-order valence-electron chi connectivity index (χ2n) is 5.92. The van der Waals surface area contributed by atoms with Crippen molar-refractivity contribution >= 4 is 57.0 Å². The van der Waals surface area contributed by atoms with Gasteiger partial charge < -0.3 is 14.6 Å². The first-order valence-electron chi connectivity index (χ1n) is 8.11. The standard InChI is InChI=1S/C20H12Cl2N2O4/c21-14-17(26)13-16(25)12-8-4-5-10(9-23-24-11-6-2-1-3-7-11)19(12)28-20(13)15(22)18(14)27/h1-9,24,26-27H/b23-9-. The molecule has 0 radical (unpaired) electrons. The second-order valence-corrected chi connectivity index (χ2v) is 6.68. The van der Waals surface area contributed by atoms with Crippen molar-refractivity contribution in [3.63, 3.8) is 0 Å². The van der Waals surface area contributed by atoms with E-state index in [0.29, 0.717) is 5.56 Å². The highest BCUT2D eigenvalue weighted by molar-refractivity contribution is 6.42. The lowest BCUT2D eigenvalue weighted by Crippen LogP contribution is -2.04. The van der Waals surface area contributed by atoms with Crippen LogP contribution in [0.5, 0.6) is 11.5 Å². The van der Waals surface area contributed by atoms with Crippen LogP contribution in [-0.2, 0) is 0 Å². The third kappa shape index (κ3) is 2.93. The highest BCUT2D eigenvalue weighted by Gasteiger charge is 2.22. The summed E-state index contributed by atoms with van der Waals surface area (Å²) in [7, 11) is 0. The van der Waals surface area contributed by atoms with Gasteiger partial charge in [-0.15, -0.1) is 0 Å². The summed E-state index contributed by atoms with van der Waals surface area (Å²) in [6.07, 6.45) is 1.49. The molecule has 1 heterocycles. The number of phenolic OH excluding ortho intramolecular Hbond substituents is 2. The number of hydrogen-bond acceptors (Lipinski definition) is 6. The van der Waals surface area contributed by atoms with E-state index < -0.39 is 22.0 Å². The van der Waals surface area contributed by atoms with Gasteiger partial charge in [0.05, 0.1) is 17.3 Å². The number of para-hydroxylation sites is 2. The maximum atomic E-state index is 12.9. The lowest BCUT2D eigenvalue weighted by Gasteiger charge is -2.09. The lowest BCUT2D eigenvalue weighted by molar-refractivity contribution is 0.453. The van der Waals surface area contributed by atoms with Crippen molar-refractivity contribution in [2.75, 3.05) is 5.43 Å². The molecule has 0 atom stereocenters. The number of halogens is 2. The number of nitrogens with zero attached hydrogens (tertiary/aromatic N) is 1. The second kappa shape index (κ2) is 7.07. The maximum Gasteiger partial charge on any atom is 0.204 e. The molecule has 3 aromatic carbocycles. The zero-order chi connectivity index (χ0) is 19.8. The number of aromatic hydroxyl groups is 2. The van der Waals surface area contributed by atoms with Crippen LogP contribution in [0, 0.1) is 0 Å². The van der Waals surface area contributed by atoms with Gasteiger partial charge in [-0.2, -0.15) is 5.10 Å². The van der Waals surface area contributed by atoms with Gasteiger partial charge >= 0.3 is 0 Å². The number of hydrazone groups is 1. The molecule has 0 fully saturated rings. The van der Waals surface area contributed by atoms with Crippen LogP contribution in [0.25, 0.3) is 21.9 Å². The Morgan fingerprint density at radius 1 is 0.929 bits per heavy atom. The molecule has 140 valence electrons. The average molecular weight is 415 g/mol. The van der Waals surface area contributed by atoms with E-state index >= 15 is 0 Å². The average Bonchev–Trinajstić information content (AvgIpc) is 2.71. The van der Waals surface area contributed by atoms with E-state index in [4.69, 9.17) is 27.6 Å². The summed E-state index contributed by atoms with van der Waals surface area (Å²) in [5.41, 5.74) is 3.70. The van der Waals surface area contributed by atoms with Crippen LogP contribution in [0.1, 0.15) is 5.56 Å². The van der Waals surface area contributed by atoms with E-state index in [-0.39, 0.29) is 27.0 Å². The molecule has 0 amide bonds. The van der Waals surface area contributed by atoms with Gasteiger partial charge in [-0.05, 0) is 24.3 Å². The summed E-state index contributed by atoms with van der Waals surface area (Å²) >= 11 is 11.9. The molecule has 0 unspecified atom stereocenters. The number of hydrogen-bond donors (Lipinski definition) is 3. The quantitative estimate of drug-likeness (QED) is 0.246. The molecule has 1 aromatic heterocycles. The summed E-state index contributed by atoms with van der Waals surface area (Å²) in [5.74, 6) is -1.15. The van der Waals surface area contributed by atoms with Crippen molar-refractivity contribution < 1.29 is 14.6 Å². The fourth-order valence-corrected chi connectivity index (χ4v) is 3.29. The minimum atomic E-state index is -0.584. The first-order valence-corrected chi connectivity index (χ1v) is 8.87. The molecule has 0 saturated carbocycles. The predicted octanol–water partition coefficient (Wildman–Crippen LogP) is 5.11. The Morgan fingerprint density at radius 2 is 1.68 bits per heavy atom. The third-order valence-electron chi connectivity index (χ3n) is 4.18. The summed E-state index contributed by atoms with van der Waals surface area (Å²) < 4.78 is 5.78. The van der Waals surface area contributed by atoms with E-state index in [9.17, 15) is 15.0 Å². The molecule has 4 rings (SSSR count). The predicted molar refractivity (Wildman–Crippen MR) is 111 cm³/mol. The van der Waals surface area contributed by atoms with Gasteiger partial charge in [-0.25, -0.2) is 0 Å². The van der Waals surface area contributed by atoms with Crippen LogP contribution in [0.2, 0.25) is 10.0 Å². The first kappa shape index (κ1) is 18.2. The Bertz CT molecular complexity index is 1300. The molecule has 0 aliphatic rings. The minimum absolute atomic E-state index is 0.157. The number of rotatable bonds is 3. The van der Waals surface area contributed by atoms with E-state index in [1.807, 2.05) is 30.3 Å². The van der Waals surface area contributed by atoms with E-state index in [1.165, 1.54) is 6.21 Å². The number of phenols is 2. The van der Waals surface area contributed by atoms with Gasteiger partial charge in [0.2, 0.25) is 5.43 Å². The summed E-state index contributed by atoms with van der Waals surface area (Å²) in [6.45, 7) is 0. The third-order valence-corrected chi connectivity index (χ3v) is 4.89. The molecule has 0 saturated heterocycles. The molecular formula is C20H12Cl2N2O4. The smallest absolute Gasteiger partial charge is 0.204 e. The Morgan fingerprint density at radius 3 is 2.43 bits per heavy atom. The largest absolute Gasteiger partial charge is 0.505 e. The summed E-state index contributed by atoms with van der Waals surface area (Å²) in [6, 6.07) is 14.2. The Kier molecular flexibility index (Phi) is 4.58. The first-order chi connectivity index (χ1) is 13.5. The molecule has 0 aliphatic carbocycles. The van der Waals surface area contributed by atoms with Gasteiger partial charge in [-0.1, -0.05) is 47.5 Å². The van der Waals surface area contributed by atoms with Gasteiger partial charge in [0.15, 0.2) is 17.1 Å². The zero-order valence-corrected chi connectivity index (χ0v) is 15.6. The SMILES string of the molecule is O=c1c2cccc(/C=N\Nc3ccccc3)c2oc2c(Cl)c(O)c(Cl)c(O)c12. The molecule has 6 nitrogen and oxygen atoms in total. The fourth-order valence-electron chi connectivity index (χ4n) is 2.82. The Labute approximate surface area is 168 Å². The van der Waals surface area contributed by atoms with Crippen LogP contribution in [0.15, 0.2) is 62.8 Å². The molecule has 3 N–H and O–H groups in total. The monoisotopic (exact) mass is 414 g/mol. The minimum Gasteiger partial charge on any atom is -0.505 e. The summed E-state index contributed by atoms with van der Waals surface area (Å²) in [4.78, 5) is 12.9. The van der Waals surface area contributed by atoms with Gasteiger partial charge in [0.1, 0.15) is 21.0 Å². The number of fused-ring (bicyclic) bond motifs is 2.